The molecule has 2 saturated heterocycles. The van der Waals surface area contributed by atoms with E-state index >= 15 is 0 Å². The lowest BCUT2D eigenvalue weighted by atomic mass is 9.78. The normalized spacial score (nSPS) is 45.7. The zero-order valence-corrected chi connectivity index (χ0v) is 9.19. The molecule has 0 amide bonds. The lowest BCUT2D eigenvalue weighted by Gasteiger charge is -2.42. The Balaban J connectivity index is 2.01. The van der Waals surface area contributed by atoms with Gasteiger partial charge in [-0.1, -0.05) is 24.3 Å². The van der Waals surface area contributed by atoms with Crippen LogP contribution in [-0.2, 0) is 4.74 Å². The number of ether oxygens (including phenoxy) is 1. The van der Waals surface area contributed by atoms with Crippen molar-refractivity contribution in [3.63, 3.8) is 0 Å². The van der Waals surface area contributed by atoms with Gasteiger partial charge in [-0.15, -0.1) is 11.8 Å². The van der Waals surface area contributed by atoms with Gasteiger partial charge in [0.2, 0.25) is 0 Å². The fourth-order valence-corrected chi connectivity index (χ4v) is 4.55. The number of rotatable bonds is 0. The van der Waals surface area contributed by atoms with Crippen LogP contribution in [0.4, 0.5) is 0 Å². The van der Waals surface area contributed by atoms with Gasteiger partial charge in [-0.05, 0) is 31.4 Å². The van der Waals surface area contributed by atoms with Crippen molar-refractivity contribution in [2.75, 3.05) is 12.4 Å². The van der Waals surface area contributed by atoms with Crippen LogP contribution >= 0.6 is 11.8 Å². The minimum absolute atomic E-state index is 0.0446. The maximum absolute atomic E-state index is 6.06. The van der Waals surface area contributed by atoms with Gasteiger partial charge in [0, 0.05) is 6.61 Å². The standard InChI is InChI=1S/C12H16OS/c1-2-7-12(8-4-10-14-12)11(5-1)6-3-9-13-11/h1-2,5,7H,3-4,6,8-10H2/t11-,12-/m0/s1. The minimum Gasteiger partial charge on any atom is -0.369 e. The Morgan fingerprint density at radius 3 is 2.71 bits per heavy atom. The molecule has 2 heteroatoms. The summed E-state index contributed by atoms with van der Waals surface area (Å²) < 4.78 is 6.34. The van der Waals surface area contributed by atoms with Crippen LogP contribution in [0.2, 0.25) is 0 Å². The summed E-state index contributed by atoms with van der Waals surface area (Å²) in [6.45, 7) is 0.945. The van der Waals surface area contributed by atoms with Gasteiger partial charge in [-0.3, -0.25) is 0 Å². The van der Waals surface area contributed by atoms with Crippen LogP contribution in [0.1, 0.15) is 25.7 Å². The second-order valence-electron chi connectivity index (χ2n) is 4.40. The monoisotopic (exact) mass is 208 g/mol. The molecule has 0 N–H and O–H groups in total. The Hall–Kier alpha value is -0.210. The van der Waals surface area contributed by atoms with Crippen molar-refractivity contribution in [2.45, 2.75) is 36.0 Å². The van der Waals surface area contributed by atoms with Gasteiger partial charge in [0.05, 0.1) is 4.75 Å². The van der Waals surface area contributed by atoms with E-state index in [0.29, 0.717) is 0 Å². The average Bonchev–Trinajstić information content (AvgIpc) is 2.81. The molecule has 1 aliphatic carbocycles. The molecule has 2 heterocycles. The minimum atomic E-state index is 0.0446. The summed E-state index contributed by atoms with van der Waals surface area (Å²) in [5, 5.41) is 0. The fourth-order valence-electron chi connectivity index (χ4n) is 2.96. The third-order valence-corrected chi connectivity index (χ3v) is 5.36. The van der Waals surface area contributed by atoms with Crippen LogP contribution < -0.4 is 0 Å². The van der Waals surface area contributed by atoms with Crippen LogP contribution in [0.5, 0.6) is 0 Å². The first kappa shape index (κ1) is 9.05. The van der Waals surface area contributed by atoms with Crippen molar-refractivity contribution in [3.8, 4) is 0 Å². The average molecular weight is 208 g/mol. The van der Waals surface area contributed by atoms with E-state index in [2.05, 4.69) is 36.1 Å². The molecular formula is C12H16OS. The quantitative estimate of drug-likeness (QED) is 0.605. The summed E-state index contributed by atoms with van der Waals surface area (Å²) in [6, 6.07) is 0. The van der Waals surface area contributed by atoms with Crippen molar-refractivity contribution in [1.29, 1.82) is 0 Å². The van der Waals surface area contributed by atoms with Crippen LogP contribution in [-0.4, -0.2) is 22.7 Å². The van der Waals surface area contributed by atoms with Crippen LogP contribution in [0.25, 0.3) is 0 Å². The highest BCUT2D eigenvalue weighted by molar-refractivity contribution is 8.01. The second kappa shape index (κ2) is 3.14. The van der Waals surface area contributed by atoms with E-state index in [4.69, 9.17) is 4.74 Å². The van der Waals surface area contributed by atoms with Gasteiger partial charge in [0.25, 0.3) is 0 Å². The Labute approximate surface area is 89.6 Å². The van der Waals surface area contributed by atoms with Gasteiger partial charge >= 0.3 is 0 Å². The molecule has 0 aromatic carbocycles. The van der Waals surface area contributed by atoms with Gasteiger partial charge in [0.1, 0.15) is 5.60 Å². The predicted octanol–water partition coefficient (Wildman–Crippen LogP) is 2.93. The molecule has 0 aromatic heterocycles. The maximum Gasteiger partial charge on any atom is 0.105 e. The van der Waals surface area contributed by atoms with Gasteiger partial charge in [-0.25, -0.2) is 0 Å². The van der Waals surface area contributed by atoms with Gasteiger partial charge in [-0.2, -0.15) is 0 Å². The molecule has 2 fully saturated rings. The molecular weight excluding hydrogens is 192 g/mol. The van der Waals surface area contributed by atoms with E-state index in [-0.39, 0.29) is 10.3 Å². The Morgan fingerprint density at radius 1 is 1.07 bits per heavy atom. The van der Waals surface area contributed by atoms with Crippen molar-refractivity contribution >= 4 is 11.8 Å². The van der Waals surface area contributed by atoms with E-state index in [9.17, 15) is 0 Å². The lowest BCUT2D eigenvalue weighted by molar-refractivity contribution is 0.0228. The largest absolute Gasteiger partial charge is 0.369 e. The summed E-state index contributed by atoms with van der Waals surface area (Å²) in [7, 11) is 0. The van der Waals surface area contributed by atoms with E-state index in [1.54, 1.807) is 0 Å². The molecule has 2 spiro atoms. The van der Waals surface area contributed by atoms with Crippen molar-refractivity contribution in [3.05, 3.63) is 24.3 Å². The number of allylic oxidation sites excluding steroid dienone is 2. The summed E-state index contributed by atoms with van der Waals surface area (Å²) in [4.78, 5) is 0. The summed E-state index contributed by atoms with van der Waals surface area (Å²) in [6.07, 6.45) is 14.1. The number of fused-ring (bicyclic) bond motifs is 1. The molecule has 0 unspecified atom stereocenters. The number of hydrogen-bond acceptors (Lipinski definition) is 2. The molecule has 2 aliphatic heterocycles. The molecule has 76 valence electrons. The number of hydrogen-bond donors (Lipinski definition) is 0. The molecule has 0 aromatic rings. The predicted molar refractivity (Wildman–Crippen MR) is 60.6 cm³/mol. The SMILES string of the molecule is C1=C[C@]2(CCCO2)[C@]2(C=C1)CCCS2. The first-order chi connectivity index (χ1) is 6.87. The third kappa shape index (κ3) is 1.07. The topological polar surface area (TPSA) is 9.23 Å². The Morgan fingerprint density at radius 2 is 2.00 bits per heavy atom. The highest BCUT2D eigenvalue weighted by Gasteiger charge is 2.53. The molecule has 1 nitrogen and oxygen atoms in total. The Bertz CT molecular complexity index is 251. The van der Waals surface area contributed by atoms with E-state index in [0.717, 1.165) is 6.61 Å². The second-order valence-corrected chi connectivity index (χ2v) is 5.83. The highest BCUT2D eigenvalue weighted by Crippen LogP contribution is 2.54. The van der Waals surface area contributed by atoms with Crippen LogP contribution in [0.3, 0.4) is 0 Å². The maximum atomic E-state index is 6.06. The third-order valence-electron chi connectivity index (χ3n) is 3.66. The Kier molecular flexibility index (Phi) is 2.03. The lowest BCUT2D eigenvalue weighted by Crippen LogP contribution is -2.48. The zero-order valence-electron chi connectivity index (χ0n) is 8.37. The van der Waals surface area contributed by atoms with E-state index < -0.39 is 0 Å². The van der Waals surface area contributed by atoms with Crippen LogP contribution in [0, 0.1) is 0 Å². The molecule has 3 aliphatic rings. The fraction of sp³-hybridized carbons (Fsp3) is 0.667. The molecule has 14 heavy (non-hydrogen) atoms. The van der Waals surface area contributed by atoms with E-state index in [1.165, 1.54) is 31.4 Å². The van der Waals surface area contributed by atoms with Crippen LogP contribution in [0.15, 0.2) is 24.3 Å². The molecule has 2 atom stereocenters. The van der Waals surface area contributed by atoms with Gasteiger partial charge < -0.3 is 4.74 Å². The first-order valence-electron chi connectivity index (χ1n) is 5.52. The summed E-state index contributed by atoms with van der Waals surface area (Å²) in [5.41, 5.74) is 0.0446. The van der Waals surface area contributed by atoms with Crippen molar-refractivity contribution in [2.24, 2.45) is 0 Å². The van der Waals surface area contributed by atoms with Gasteiger partial charge in [0.15, 0.2) is 0 Å². The van der Waals surface area contributed by atoms with E-state index in [1.807, 2.05) is 0 Å². The molecule has 3 rings (SSSR count). The highest BCUT2D eigenvalue weighted by atomic mass is 32.2. The van der Waals surface area contributed by atoms with Crippen molar-refractivity contribution in [1.82, 2.24) is 0 Å². The first-order valence-corrected chi connectivity index (χ1v) is 6.51. The molecule has 0 saturated carbocycles. The summed E-state index contributed by atoms with van der Waals surface area (Å²) >= 11 is 2.10. The summed E-state index contributed by atoms with van der Waals surface area (Å²) in [5.74, 6) is 1.29. The zero-order chi connectivity index (χ0) is 9.49. The molecule has 0 radical (unpaired) electrons. The van der Waals surface area contributed by atoms with Crippen molar-refractivity contribution < 1.29 is 4.74 Å². The smallest absolute Gasteiger partial charge is 0.105 e. The number of thioether (sulfide) groups is 1. The molecule has 0 bridgehead atoms.